The van der Waals surface area contributed by atoms with Gasteiger partial charge in [-0.05, 0) is 0 Å². The average molecular weight is 228 g/mol. The quantitative estimate of drug-likeness (QED) is 0.391. The maximum atomic E-state index is 11.4. The van der Waals surface area contributed by atoms with Crippen LogP contribution >= 0.6 is 0 Å². The molecule has 1 fully saturated rings. The Hall–Kier alpha value is -1.80. The molecule has 0 aliphatic carbocycles. The van der Waals surface area contributed by atoms with E-state index in [1.165, 1.54) is 0 Å². The summed E-state index contributed by atoms with van der Waals surface area (Å²) in [5.74, 6) is -2.88. The van der Waals surface area contributed by atoms with Gasteiger partial charge in [-0.2, -0.15) is 0 Å². The van der Waals surface area contributed by atoms with E-state index in [-0.39, 0.29) is 13.3 Å². The van der Waals surface area contributed by atoms with Gasteiger partial charge in [0.15, 0.2) is 0 Å². The monoisotopic (exact) mass is 228 g/mol. The van der Waals surface area contributed by atoms with Gasteiger partial charge >= 0.3 is 0 Å². The smallest absolute Gasteiger partial charge is 0.239 e. The van der Waals surface area contributed by atoms with Crippen LogP contribution in [0.4, 0.5) is 0 Å². The molecular weight excluding hydrogens is 216 g/mol. The largest absolute Gasteiger partial charge is 0.313 e. The fraction of sp³-hybridized carbons (Fsp3) is 0.500. The summed E-state index contributed by atoms with van der Waals surface area (Å²) in [5, 5.41) is 0. The molecule has 88 valence electrons. The van der Waals surface area contributed by atoms with E-state index in [1.54, 1.807) is 0 Å². The second kappa shape index (κ2) is 4.81. The first-order chi connectivity index (χ1) is 7.51. The van der Waals surface area contributed by atoms with E-state index in [1.807, 2.05) is 0 Å². The summed E-state index contributed by atoms with van der Waals surface area (Å²) in [5.41, 5.74) is 10.4. The van der Waals surface area contributed by atoms with Gasteiger partial charge in [0.05, 0.1) is 13.3 Å². The van der Waals surface area contributed by atoms with Crippen molar-refractivity contribution in [3.8, 4) is 0 Å². The van der Waals surface area contributed by atoms with Crippen molar-refractivity contribution in [3.63, 3.8) is 0 Å². The number of amides is 4. The minimum absolute atomic E-state index is 0.346. The zero-order valence-corrected chi connectivity index (χ0v) is 8.51. The predicted octanol–water partition coefficient (Wildman–Crippen LogP) is -2.68. The van der Waals surface area contributed by atoms with Crippen molar-refractivity contribution in [3.05, 3.63) is 0 Å². The van der Waals surface area contributed by atoms with E-state index in [4.69, 9.17) is 11.5 Å². The van der Waals surface area contributed by atoms with Gasteiger partial charge in [-0.1, -0.05) is 0 Å². The molecule has 0 unspecified atom stereocenters. The molecule has 0 aromatic heterocycles. The van der Waals surface area contributed by atoms with E-state index in [2.05, 4.69) is 0 Å². The maximum absolute atomic E-state index is 11.4. The normalized spacial score (nSPS) is 18.9. The first kappa shape index (κ1) is 12.3. The molecular formula is C8H12N4O4. The van der Waals surface area contributed by atoms with Crippen LogP contribution in [0.5, 0.6) is 0 Å². The highest BCUT2D eigenvalue weighted by Gasteiger charge is 2.32. The highest BCUT2D eigenvalue weighted by Crippen LogP contribution is 2.07. The third-order valence-corrected chi connectivity index (χ3v) is 2.17. The van der Waals surface area contributed by atoms with Crippen LogP contribution in [0.2, 0.25) is 0 Å². The maximum Gasteiger partial charge on any atom is 0.239 e. The van der Waals surface area contributed by atoms with Crippen LogP contribution in [0.1, 0.15) is 12.8 Å². The van der Waals surface area contributed by atoms with Crippen molar-refractivity contribution in [1.82, 2.24) is 9.80 Å². The minimum atomic E-state index is -0.719. The van der Waals surface area contributed by atoms with Crippen LogP contribution < -0.4 is 11.5 Å². The molecule has 0 saturated carbocycles. The molecule has 0 aromatic carbocycles. The fourth-order valence-corrected chi connectivity index (χ4v) is 1.33. The lowest BCUT2D eigenvalue weighted by molar-refractivity contribution is -0.155. The molecule has 0 aromatic rings. The highest BCUT2D eigenvalue weighted by atomic mass is 16.2. The lowest BCUT2D eigenvalue weighted by atomic mass is 10.2. The molecule has 0 bridgehead atoms. The average Bonchev–Trinajstić information content (AvgIpc) is 2.17. The number of carbonyl (C=O) groups excluding carboxylic acids is 4. The van der Waals surface area contributed by atoms with Crippen LogP contribution in [0.15, 0.2) is 0 Å². The Labute approximate surface area is 91.1 Å². The van der Waals surface area contributed by atoms with Crippen LogP contribution in [0.25, 0.3) is 0 Å². The van der Waals surface area contributed by atoms with Gasteiger partial charge in [-0.3, -0.25) is 29.0 Å². The summed E-state index contributed by atoms with van der Waals surface area (Å²) < 4.78 is 0. The van der Waals surface area contributed by atoms with Crippen LogP contribution in [-0.2, 0) is 19.2 Å². The lowest BCUT2D eigenvalue weighted by Gasteiger charge is -2.25. The minimum Gasteiger partial charge on any atom is -0.313 e. The van der Waals surface area contributed by atoms with Crippen molar-refractivity contribution in [2.75, 3.05) is 13.3 Å². The summed E-state index contributed by atoms with van der Waals surface area (Å²) >= 11 is 0. The van der Waals surface area contributed by atoms with Gasteiger partial charge in [-0.25, -0.2) is 0 Å². The summed E-state index contributed by atoms with van der Waals surface area (Å²) in [6.07, 6.45) is -1.16. The Morgan fingerprint density at radius 1 is 0.750 bits per heavy atom. The molecule has 1 aliphatic rings. The first-order valence-corrected chi connectivity index (χ1v) is 4.57. The summed E-state index contributed by atoms with van der Waals surface area (Å²) in [6, 6.07) is 0. The number of hydrogen-bond donors (Lipinski definition) is 2. The predicted molar refractivity (Wildman–Crippen MR) is 51.0 cm³/mol. The molecule has 0 radical (unpaired) electrons. The number of nitrogens with two attached hydrogens (primary N) is 2. The molecule has 1 saturated heterocycles. The standard InChI is InChI=1S/C8H12N4O4/c9-3-11-5(13)1-6(14)12(4-10)8(16)2-7(11)15/h1-4,9-10H2. The van der Waals surface area contributed by atoms with Gasteiger partial charge in [0.25, 0.3) is 0 Å². The van der Waals surface area contributed by atoms with Crippen LogP contribution in [-0.4, -0.2) is 46.8 Å². The zero-order valence-electron chi connectivity index (χ0n) is 8.51. The second-order valence-corrected chi connectivity index (χ2v) is 3.15. The Bertz CT molecular complexity index is 292. The molecule has 8 heteroatoms. The topological polar surface area (TPSA) is 127 Å². The lowest BCUT2D eigenvalue weighted by Crippen LogP contribution is -2.51. The fourth-order valence-electron chi connectivity index (χ4n) is 1.33. The molecule has 0 atom stereocenters. The number of rotatable bonds is 2. The number of hydrogen-bond acceptors (Lipinski definition) is 6. The SMILES string of the molecule is NCN1C(=O)CC(=O)N(CN)C(=O)CC1=O. The van der Waals surface area contributed by atoms with E-state index in [0.717, 1.165) is 0 Å². The van der Waals surface area contributed by atoms with E-state index >= 15 is 0 Å². The van der Waals surface area contributed by atoms with Crippen molar-refractivity contribution >= 4 is 23.6 Å². The number of carbonyl (C=O) groups is 4. The second-order valence-electron chi connectivity index (χ2n) is 3.15. The van der Waals surface area contributed by atoms with Crippen LogP contribution in [0, 0.1) is 0 Å². The Balaban J connectivity index is 2.96. The molecule has 4 amide bonds. The van der Waals surface area contributed by atoms with Gasteiger partial charge in [-0.15, -0.1) is 0 Å². The highest BCUT2D eigenvalue weighted by molar-refractivity contribution is 6.15. The molecule has 8 nitrogen and oxygen atoms in total. The van der Waals surface area contributed by atoms with E-state index in [0.29, 0.717) is 9.80 Å². The van der Waals surface area contributed by atoms with Gasteiger partial charge in [0.2, 0.25) is 23.6 Å². The van der Waals surface area contributed by atoms with Crippen LogP contribution in [0.3, 0.4) is 0 Å². The van der Waals surface area contributed by atoms with Crippen molar-refractivity contribution in [2.45, 2.75) is 12.8 Å². The molecule has 1 rings (SSSR count). The Kier molecular flexibility index (Phi) is 3.69. The van der Waals surface area contributed by atoms with Crippen molar-refractivity contribution in [1.29, 1.82) is 0 Å². The zero-order chi connectivity index (χ0) is 12.3. The number of nitrogens with zero attached hydrogens (tertiary/aromatic N) is 2. The third kappa shape index (κ3) is 2.23. The third-order valence-electron chi connectivity index (χ3n) is 2.17. The summed E-state index contributed by atoms with van der Waals surface area (Å²) in [6.45, 7) is -0.693. The van der Waals surface area contributed by atoms with Gasteiger partial charge in [0.1, 0.15) is 12.8 Å². The molecule has 1 heterocycles. The number of imide groups is 2. The Morgan fingerprint density at radius 3 is 1.19 bits per heavy atom. The molecule has 4 N–H and O–H groups in total. The molecule has 1 aliphatic heterocycles. The first-order valence-electron chi connectivity index (χ1n) is 4.57. The van der Waals surface area contributed by atoms with Gasteiger partial charge < -0.3 is 11.5 Å². The van der Waals surface area contributed by atoms with E-state index in [9.17, 15) is 19.2 Å². The van der Waals surface area contributed by atoms with E-state index < -0.39 is 36.5 Å². The van der Waals surface area contributed by atoms with Crippen molar-refractivity contribution in [2.24, 2.45) is 11.5 Å². The van der Waals surface area contributed by atoms with Gasteiger partial charge in [0, 0.05) is 0 Å². The Morgan fingerprint density at radius 2 is 1.00 bits per heavy atom. The summed E-state index contributed by atoms with van der Waals surface area (Å²) in [4.78, 5) is 47.0. The van der Waals surface area contributed by atoms with Crippen molar-refractivity contribution < 1.29 is 19.2 Å². The molecule has 16 heavy (non-hydrogen) atoms. The molecule has 0 spiro atoms. The summed E-state index contributed by atoms with van der Waals surface area (Å²) in [7, 11) is 0.